The highest BCUT2D eigenvalue weighted by molar-refractivity contribution is 8.02. The van der Waals surface area contributed by atoms with Crippen molar-refractivity contribution < 1.29 is 83.1 Å². The van der Waals surface area contributed by atoms with Gasteiger partial charge in [-0.3, -0.25) is 47.9 Å². The van der Waals surface area contributed by atoms with Crippen molar-refractivity contribution in [3.05, 3.63) is 23.4 Å². The van der Waals surface area contributed by atoms with E-state index in [-0.39, 0.29) is 31.4 Å². The second kappa shape index (κ2) is 44.1. The van der Waals surface area contributed by atoms with Gasteiger partial charge in [-0.05, 0) is 89.4 Å². The van der Waals surface area contributed by atoms with Crippen molar-refractivity contribution >= 4 is 70.8 Å². The fourth-order valence-electron chi connectivity index (χ4n) is 11.2. The molecule has 0 aliphatic carbocycles. The maximum Gasteiger partial charge on any atom is 0.268 e. The molecule has 14 atom stereocenters. The molecule has 1 saturated heterocycles. The first kappa shape index (κ1) is 83.3. The molecular formula is C65H116N11O16S+. The molecule has 2 heterocycles. The summed E-state index contributed by atoms with van der Waals surface area (Å²) in [6.45, 7) is 8.75. The van der Waals surface area contributed by atoms with Crippen LogP contribution in [0, 0.1) is 11.8 Å². The highest BCUT2D eigenvalue weighted by atomic mass is 32.2. The Hall–Kier alpha value is -5.75. The number of rotatable bonds is 41. The summed E-state index contributed by atoms with van der Waals surface area (Å²) in [4.78, 5) is 136. The zero-order valence-electron chi connectivity index (χ0n) is 56.5. The van der Waals surface area contributed by atoms with Gasteiger partial charge in [0.05, 0.1) is 76.7 Å². The van der Waals surface area contributed by atoms with E-state index in [1.54, 1.807) is 13.8 Å². The van der Waals surface area contributed by atoms with Crippen LogP contribution in [0.15, 0.2) is 23.4 Å². The number of thioether (sulfide) groups is 1. The summed E-state index contributed by atoms with van der Waals surface area (Å²) in [5.74, 6) is -11.2. The summed E-state index contributed by atoms with van der Waals surface area (Å²) in [6.07, 6.45) is 12.3. The summed E-state index contributed by atoms with van der Waals surface area (Å²) in [7, 11) is 6.36. The van der Waals surface area contributed by atoms with Crippen LogP contribution in [0.25, 0.3) is 0 Å². The third-order valence-corrected chi connectivity index (χ3v) is 18.2. The van der Waals surface area contributed by atoms with Crippen molar-refractivity contribution in [3.8, 4) is 0 Å². The van der Waals surface area contributed by atoms with Crippen molar-refractivity contribution in [2.75, 3.05) is 33.4 Å². The number of amides is 10. The van der Waals surface area contributed by atoms with Crippen LogP contribution in [-0.2, 0) is 47.9 Å². The normalized spacial score (nSPS) is 23.4. The molecule has 0 saturated carbocycles. The number of quaternary nitrogens is 1. The first-order valence-electron chi connectivity index (χ1n) is 33.7. The summed E-state index contributed by atoms with van der Waals surface area (Å²) < 4.78 is 0.857. The number of allylic oxidation sites excluding steroid dienone is 1. The molecule has 2 rings (SSSR count). The number of nitrogens with one attached hydrogen (secondary N) is 8. The monoisotopic (exact) mass is 1340 g/mol. The van der Waals surface area contributed by atoms with Gasteiger partial charge >= 0.3 is 0 Å². The Morgan fingerprint density at radius 1 is 0.656 bits per heavy atom. The third kappa shape index (κ3) is 34.0. The Bertz CT molecular complexity index is 2430. The molecule has 27 nitrogen and oxygen atoms in total. The minimum absolute atomic E-state index is 0.0598. The van der Waals surface area contributed by atoms with Crippen LogP contribution in [0.2, 0.25) is 0 Å². The van der Waals surface area contributed by atoms with E-state index in [2.05, 4.69) is 63.7 Å². The molecule has 0 aromatic rings. The van der Waals surface area contributed by atoms with Gasteiger partial charge in [-0.25, -0.2) is 0 Å². The van der Waals surface area contributed by atoms with Crippen LogP contribution in [0.5, 0.6) is 0 Å². The van der Waals surface area contributed by atoms with Crippen LogP contribution >= 0.6 is 11.8 Å². The number of carbonyl (C=O) groups excluding carboxylic acids is 10. The van der Waals surface area contributed by atoms with E-state index in [4.69, 9.17) is 11.5 Å². The van der Waals surface area contributed by atoms with Gasteiger partial charge in [0.25, 0.3) is 5.91 Å². The van der Waals surface area contributed by atoms with Gasteiger partial charge in [-0.1, -0.05) is 117 Å². The third-order valence-electron chi connectivity index (χ3n) is 17.2. The van der Waals surface area contributed by atoms with Crippen LogP contribution < -0.4 is 54.0 Å². The Morgan fingerprint density at radius 2 is 1.17 bits per heavy atom. The molecular weight excluding hydrogens is 1220 g/mol. The Labute approximate surface area is 554 Å². The molecule has 18 N–H and O–H groups in total. The maximum atomic E-state index is 15.1. The standard InChI is InChI=1S/C65H115N11O16S/c1-9-41(3)56-63(91)75-65(40-93-33-31-68-59(87)51(38-55(67)84)71-61(89)50(73-64(65)92)29-30-54(66)83)39-52(62(90)70-49(10-2)60(88)74-56)72-58(86)43(5)69-57(85)42(4)53(82)28-23-21-19-17-15-13-11-12-14-16-18-20-22-26-44(77)34-46(79)36-48(81)37-47(80)35-45(78)27-24-25-32-76(6,7)8/h10,31,33,41-48,50-53,56,77-82H,9,11-30,32,34-40H2,1-8H3,(H11-,66,67,68,69,70,71,72,73,74,75,83,84,85,86,87,88,89,90,91,92)/p+1/b33-31-,49-10-/t41-,42?,43-,44?,45?,46?,47?,48?,50-,51-,52?,53?,56-,65?/m0/s1. The Balaban J connectivity index is 1.94. The predicted octanol–water partition coefficient (Wildman–Crippen LogP) is 1.32. The fourth-order valence-corrected chi connectivity index (χ4v) is 12.0. The van der Waals surface area contributed by atoms with Gasteiger partial charge in [0.1, 0.15) is 41.4 Å². The molecule has 9 unspecified atom stereocenters. The maximum absolute atomic E-state index is 15.1. The van der Waals surface area contributed by atoms with E-state index in [1.165, 1.54) is 32.3 Å². The lowest BCUT2D eigenvalue weighted by Crippen LogP contribution is -2.68. The average Bonchev–Trinajstić information content (AvgIpc) is 1.74. The molecule has 532 valence electrons. The Morgan fingerprint density at radius 3 is 1.68 bits per heavy atom. The lowest BCUT2D eigenvalue weighted by molar-refractivity contribution is -0.870. The molecule has 2 aliphatic heterocycles. The number of nitrogens with zero attached hydrogens (tertiary/aromatic N) is 1. The van der Waals surface area contributed by atoms with E-state index in [1.807, 2.05) is 0 Å². The molecule has 93 heavy (non-hydrogen) atoms. The summed E-state index contributed by atoms with van der Waals surface area (Å²) in [5.41, 5.74) is 8.24. The molecule has 0 aromatic heterocycles. The smallest absolute Gasteiger partial charge is 0.268 e. The minimum Gasteiger partial charge on any atom is -0.393 e. The SMILES string of the molecule is C/C=C1\NC(=O)C(NC(=O)[C@H](C)NC(=O)C(C)C(O)CCCCCCCCCCCCCCCC(O)CC(O)CC(O)CC(O)CC(O)CCCC[N+](C)(C)C)CC2(CS/C=C\NC(=O)[C@H](CC(N)=O)NC(=O)[C@H](CCC(N)=O)NC2=O)NC(=O)[C@H]([C@@H](C)CC)NC1=O. The number of aliphatic hydroxyl groups excluding tert-OH is 6. The largest absolute Gasteiger partial charge is 0.393 e. The first-order valence-corrected chi connectivity index (χ1v) is 34.7. The molecule has 28 heteroatoms. The van der Waals surface area contributed by atoms with Crippen molar-refractivity contribution in [2.24, 2.45) is 23.3 Å². The molecule has 0 aromatic carbocycles. The predicted molar refractivity (Wildman–Crippen MR) is 354 cm³/mol. The topological polar surface area (TPSA) is 440 Å². The van der Waals surface area contributed by atoms with Gasteiger partial charge < -0.3 is 89.1 Å². The number of carbonyl (C=O) groups is 10. The van der Waals surface area contributed by atoms with Gasteiger partial charge in [0.2, 0.25) is 53.2 Å². The number of unbranched alkanes of at least 4 members (excludes halogenated alkanes) is 13. The lowest BCUT2D eigenvalue weighted by Gasteiger charge is -2.38. The van der Waals surface area contributed by atoms with Crippen molar-refractivity contribution in [3.63, 3.8) is 0 Å². The van der Waals surface area contributed by atoms with Gasteiger partial charge in [0.15, 0.2) is 0 Å². The molecule has 0 bridgehead atoms. The number of nitrogens with two attached hydrogens (primary N) is 2. The second-order valence-corrected chi connectivity index (χ2v) is 27.6. The molecule has 1 spiro atoms. The number of hydrogen-bond acceptors (Lipinski definition) is 17. The quantitative estimate of drug-likeness (QED) is 0.0233. The Kier molecular flexibility index (Phi) is 39.5. The zero-order valence-corrected chi connectivity index (χ0v) is 57.3. The molecule has 10 amide bonds. The van der Waals surface area contributed by atoms with Crippen molar-refractivity contribution in [1.29, 1.82) is 0 Å². The van der Waals surface area contributed by atoms with E-state index in [9.17, 15) is 73.8 Å². The molecule has 0 radical (unpaired) electrons. The summed E-state index contributed by atoms with van der Waals surface area (Å²) in [5, 5.41) is 84.7. The summed E-state index contributed by atoms with van der Waals surface area (Å²) in [6, 6.07) is -7.63. The van der Waals surface area contributed by atoms with Gasteiger partial charge in [0, 0.05) is 24.8 Å². The average molecular weight is 1340 g/mol. The molecule has 1 fully saturated rings. The number of primary amides is 2. The first-order chi connectivity index (χ1) is 43.8. The van der Waals surface area contributed by atoms with E-state index in [0.717, 1.165) is 119 Å². The van der Waals surface area contributed by atoms with Crippen LogP contribution in [0.1, 0.15) is 208 Å². The van der Waals surface area contributed by atoms with Gasteiger partial charge in [-0.2, -0.15) is 0 Å². The number of aliphatic hydroxyl groups is 6. The van der Waals surface area contributed by atoms with Gasteiger partial charge in [-0.15, -0.1) is 11.8 Å². The fraction of sp³-hybridized carbons (Fsp3) is 0.785. The highest BCUT2D eigenvalue weighted by Gasteiger charge is 2.48. The molecule has 2 aliphatic rings. The minimum atomic E-state index is -2.27. The lowest BCUT2D eigenvalue weighted by atomic mass is 9.88. The van der Waals surface area contributed by atoms with Crippen LogP contribution in [0.4, 0.5) is 0 Å². The summed E-state index contributed by atoms with van der Waals surface area (Å²) >= 11 is 0.855. The highest BCUT2D eigenvalue weighted by Crippen LogP contribution is 2.26. The van der Waals surface area contributed by atoms with E-state index in [0.29, 0.717) is 32.1 Å². The van der Waals surface area contributed by atoms with Crippen LogP contribution in [-0.4, -0.2) is 200 Å². The van der Waals surface area contributed by atoms with Crippen molar-refractivity contribution in [2.45, 2.75) is 280 Å². The van der Waals surface area contributed by atoms with E-state index < -0.39 is 175 Å². The van der Waals surface area contributed by atoms with Crippen LogP contribution in [0.3, 0.4) is 0 Å². The zero-order chi connectivity index (χ0) is 69.8. The second-order valence-electron chi connectivity index (χ2n) is 26.7. The van der Waals surface area contributed by atoms with E-state index >= 15 is 4.79 Å². The van der Waals surface area contributed by atoms with Crippen molar-refractivity contribution in [1.82, 2.24) is 42.5 Å². The number of hydrogen-bond donors (Lipinski definition) is 16.